The number of nitrogens with zero attached hydrogens (tertiary/aromatic N) is 1. The Morgan fingerprint density at radius 1 is 1.10 bits per heavy atom. The average molecular weight is 276 g/mol. The minimum Gasteiger partial charge on any atom is -0.339 e. The van der Waals surface area contributed by atoms with E-state index >= 15 is 0 Å². The van der Waals surface area contributed by atoms with Gasteiger partial charge in [-0.15, -0.1) is 0 Å². The number of carbonyl (C=O) groups is 1. The van der Waals surface area contributed by atoms with Crippen LogP contribution in [-0.4, -0.2) is 35.5 Å². The number of hydrogen-bond donors (Lipinski definition) is 1. The highest BCUT2D eigenvalue weighted by Crippen LogP contribution is 2.55. The van der Waals surface area contributed by atoms with Gasteiger partial charge in [0, 0.05) is 18.1 Å². The third-order valence-electron chi connectivity index (χ3n) is 6.30. The molecule has 0 spiro atoms. The van der Waals surface area contributed by atoms with Gasteiger partial charge in [0.2, 0.25) is 5.91 Å². The summed E-state index contributed by atoms with van der Waals surface area (Å²) >= 11 is 0. The fourth-order valence-corrected chi connectivity index (χ4v) is 5.72. The Kier molecular flexibility index (Phi) is 3.10. The van der Waals surface area contributed by atoms with Crippen molar-refractivity contribution in [3.05, 3.63) is 0 Å². The van der Waals surface area contributed by atoms with Crippen molar-refractivity contribution in [3.8, 4) is 0 Å². The molecule has 5 rings (SSSR count). The molecule has 20 heavy (non-hydrogen) atoms. The predicted molar refractivity (Wildman–Crippen MR) is 79.3 cm³/mol. The Morgan fingerprint density at radius 2 is 1.65 bits per heavy atom. The zero-order valence-electron chi connectivity index (χ0n) is 12.7. The van der Waals surface area contributed by atoms with Crippen LogP contribution in [0.3, 0.4) is 0 Å². The number of likely N-dealkylation sites (N-methyl/N-ethyl adjacent to an activating group) is 1. The van der Waals surface area contributed by atoms with Crippen molar-refractivity contribution in [1.29, 1.82) is 0 Å². The van der Waals surface area contributed by atoms with Crippen molar-refractivity contribution in [1.82, 2.24) is 10.2 Å². The van der Waals surface area contributed by atoms with E-state index in [1.165, 1.54) is 51.4 Å². The standard InChI is InChI=1S/C17H28N2O/c1-2-19(15-3-4-15)16(20)11-18-17-8-12-5-13(9-17)7-14(6-12)10-17/h12-15,18H,2-11H2,1H3. The van der Waals surface area contributed by atoms with Crippen LogP contribution >= 0.6 is 0 Å². The van der Waals surface area contributed by atoms with Crippen LogP contribution in [0.5, 0.6) is 0 Å². The summed E-state index contributed by atoms with van der Waals surface area (Å²) in [7, 11) is 0. The molecule has 5 aliphatic carbocycles. The second-order valence-electron chi connectivity index (χ2n) is 7.96. The molecule has 3 heteroatoms. The molecule has 4 bridgehead atoms. The molecule has 0 radical (unpaired) electrons. The zero-order chi connectivity index (χ0) is 13.7. The Labute approximate surface area is 122 Å². The molecule has 5 aliphatic rings. The molecule has 3 nitrogen and oxygen atoms in total. The molecule has 1 N–H and O–H groups in total. The van der Waals surface area contributed by atoms with Crippen LogP contribution in [0.15, 0.2) is 0 Å². The van der Waals surface area contributed by atoms with E-state index in [1.54, 1.807) is 0 Å². The van der Waals surface area contributed by atoms with E-state index in [4.69, 9.17) is 0 Å². The lowest BCUT2D eigenvalue weighted by atomic mass is 9.53. The van der Waals surface area contributed by atoms with Gasteiger partial charge in [-0.3, -0.25) is 4.79 Å². The van der Waals surface area contributed by atoms with Gasteiger partial charge in [0.25, 0.3) is 0 Å². The second-order valence-corrected chi connectivity index (χ2v) is 7.96. The summed E-state index contributed by atoms with van der Waals surface area (Å²) in [6, 6.07) is 0.561. The molecule has 0 aromatic carbocycles. The topological polar surface area (TPSA) is 32.3 Å². The first kappa shape index (κ1) is 13.1. The monoisotopic (exact) mass is 276 g/mol. The summed E-state index contributed by atoms with van der Waals surface area (Å²) in [5.41, 5.74) is 0.327. The first-order chi connectivity index (χ1) is 9.67. The van der Waals surface area contributed by atoms with Crippen molar-refractivity contribution < 1.29 is 4.79 Å². The molecule has 0 unspecified atom stereocenters. The molecule has 112 valence electrons. The average Bonchev–Trinajstić information content (AvgIpc) is 3.20. The molecular formula is C17H28N2O. The van der Waals surface area contributed by atoms with Gasteiger partial charge in [-0.1, -0.05) is 0 Å². The third kappa shape index (κ3) is 2.28. The van der Waals surface area contributed by atoms with Gasteiger partial charge in [-0.05, 0) is 76.0 Å². The maximum absolute atomic E-state index is 12.4. The van der Waals surface area contributed by atoms with Crippen LogP contribution in [0, 0.1) is 17.8 Å². The number of amides is 1. The molecule has 0 aliphatic heterocycles. The Morgan fingerprint density at radius 3 is 2.10 bits per heavy atom. The number of carbonyl (C=O) groups excluding carboxylic acids is 1. The highest BCUT2D eigenvalue weighted by atomic mass is 16.2. The first-order valence-corrected chi connectivity index (χ1v) is 8.72. The summed E-state index contributed by atoms with van der Waals surface area (Å²) in [6.45, 7) is 3.57. The molecule has 0 atom stereocenters. The lowest BCUT2D eigenvalue weighted by molar-refractivity contribution is -0.131. The lowest BCUT2D eigenvalue weighted by Crippen LogP contribution is -2.60. The summed E-state index contributed by atoms with van der Waals surface area (Å²) in [6.07, 6.45) is 10.9. The molecule has 5 saturated carbocycles. The fourth-order valence-electron chi connectivity index (χ4n) is 5.72. The van der Waals surface area contributed by atoms with E-state index in [1.807, 2.05) is 0 Å². The number of hydrogen-bond acceptors (Lipinski definition) is 2. The number of nitrogens with one attached hydrogen (secondary N) is 1. The molecule has 0 saturated heterocycles. The van der Waals surface area contributed by atoms with E-state index in [-0.39, 0.29) is 0 Å². The van der Waals surface area contributed by atoms with Gasteiger partial charge in [-0.2, -0.15) is 0 Å². The van der Waals surface area contributed by atoms with Crippen LogP contribution in [0.1, 0.15) is 58.3 Å². The predicted octanol–water partition coefficient (Wildman–Crippen LogP) is 2.56. The van der Waals surface area contributed by atoms with Crippen molar-refractivity contribution >= 4 is 5.91 Å². The van der Waals surface area contributed by atoms with Gasteiger partial charge in [-0.25, -0.2) is 0 Å². The van der Waals surface area contributed by atoms with Crippen LogP contribution in [0.4, 0.5) is 0 Å². The third-order valence-corrected chi connectivity index (χ3v) is 6.30. The molecular weight excluding hydrogens is 248 g/mol. The van der Waals surface area contributed by atoms with Gasteiger partial charge in [0.05, 0.1) is 6.54 Å². The van der Waals surface area contributed by atoms with E-state index in [9.17, 15) is 4.79 Å². The SMILES string of the molecule is CCN(C(=O)CNC12CC3CC(CC(C3)C1)C2)C1CC1. The normalized spacial score (nSPS) is 42.0. The maximum Gasteiger partial charge on any atom is 0.236 e. The smallest absolute Gasteiger partial charge is 0.236 e. The Bertz CT molecular complexity index is 367. The van der Waals surface area contributed by atoms with E-state index < -0.39 is 0 Å². The van der Waals surface area contributed by atoms with Crippen molar-refractivity contribution in [2.24, 2.45) is 17.8 Å². The highest BCUT2D eigenvalue weighted by Gasteiger charge is 2.50. The van der Waals surface area contributed by atoms with Crippen LogP contribution < -0.4 is 5.32 Å². The Balaban J connectivity index is 1.38. The Hall–Kier alpha value is -0.570. The minimum absolute atomic E-state index is 0.327. The van der Waals surface area contributed by atoms with E-state index in [2.05, 4.69) is 17.1 Å². The molecule has 5 fully saturated rings. The van der Waals surface area contributed by atoms with Crippen LogP contribution in [0.25, 0.3) is 0 Å². The highest BCUT2D eigenvalue weighted by molar-refractivity contribution is 5.79. The van der Waals surface area contributed by atoms with Crippen LogP contribution in [0.2, 0.25) is 0 Å². The first-order valence-electron chi connectivity index (χ1n) is 8.72. The number of rotatable bonds is 5. The molecule has 1 amide bonds. The van der Waals surface area contributed by atoms with Crippen LogP contribution in [-0.2, 0) is 4.79 Å². The largest absolute Gasteiger partial charge is 0.339 e. The summed E-state index contributed by atoms with van der Waals surface area (Å²) in [4.78, 5) is 14.5. The quantitative estimate of drug-likeness (QED) is 0.837. The van der Waals surface area contributed by atoms with Crippen molar-refractivity contribution in [3.63, 3.8) is 0 Å². The molecule has 0 aromatic heterocycles. The summed E-state index contributed by atoms with van der Waals surface area (Å²) < 4.78 is 0. The lowest BCUT2D eigenvalue weighted by Gasteiger charge is -2.57. The van der Waals surface area contributed by atoms with Gasteiger partial charge in [0.1, 0.15) is 0 Å². The minimum atomic E-state index is 0.327. The summed E-state index contributed by atoms with van der Waals surface area (Å²) in [5.74, 6) is 3.20. The summed E-state index contributed by atoms with van der Waals surface area (Å²) in [5, 5.41) is 3.73. The van der Waals surface area contributed by atoms with E-state index in [0.29, 0.717) is 24.0 Å². The fraction of sp³-hybridized carbons (Fsp3) is 0.941. The van der Waals surface area contributed by atoms with E-state index in [0.717, 1.165) is 24.3 Å². The van der Waals surface area contributed by atoms with Gasteiger partial charge in [0.15, 0.2) is 0 Å². The molecule has 0 aromatic rings. The van der Waals surface area contributed by atoms with Crippen molar-refractivity contribution in [2.75, 3.05) is 13.1 Å². The van der Waals surface area contributed by atoms with Gasteiger partial charge < -0.3 is 10.2 Å². The maximum atomic E-state index is 12.4. The molecule has 0 heterocycles. The van der Waals surface area contributed by atoms with Gasteiger partial charge >= 0.3 is 0 Å². The second kappa shape index (κ2) is 4.72. The van der Waals surface area contributed by atoms with Crippen molar-refractivity contribution in [2.45, 2.75) is 69.9 Å². The zero-order valence-corrected chi connectivity index (χ0v) is 12.7.